The highest BCUT2D eigenvalue weighted by Crippen LogP contribution is 2.66. The normalized spacial score (nSPS) is 48.2. The van der Waals surface area contributed by atoms with Gasteiger partial charge in [-0.2, -0.15) is 0 Å². The molecule has 0 bridgehead atoms. The van der Waals surface area contributed by atoms with Crippen LogP contribution in [0.25, 0.3) is 0 Å². The molecule has 1 aliphatic heterocycles. The average Bonchev–Trinajstić information content (AvgIpc) is 3.12. The van der Waals surface area contributed by atoms with Crippen LogP contribution >= 0.6 is 0 Å². The second-order valence-electron chi connectivity index (χ2n) is 12.9. The van der Waals surface area contributed by atoms with E-state index < -0.39 is 0 Å². The van der Waals surface area contributed by atoms with Gasteiger partial charge in [0.2, 0.25) is 5.91 Å². The Hall–Kier alpha value is -0.650. The summed E-state index contributed by atoms with van der Waals surface area (Å²) in [6, 6.07) is 0.236. The second-order valence-corrected chi connectivity index (χ2v) is 12.9. The van der Waals surface area contributed by atoms with Gasteiger partial charge in [-0.15, -0.1) is 0 Å². The molecule has 5 aliphatic rings. The van der Waals surface area contributed by atoms with Gasteiger partial charge in [-0.05, 0) is 92.3 Å². The zero-order valence-electron chi connectivity index (χ0n) is 21.3. The largest absolute Gasteiger partial charge is 0.393 e. The number of piperazine rings is 1. The smallest absolute Gasteiger partial charge is 0.222 e. The molecule has 9 atom stereocenters. The molecule has 0 aromatic rings. The summed E-state index contributed by atoms with van der Waals surface area (Å²) in [6.45, 7) is 10.5. The summed E-state index contributed by atoms with van der Waals surface area (Å²) in [5.74, 6) is 3.13. The van der Waals surface area contributed by atoms with E-state index in [2.05, 4.69) is 30.6 Å². The summed E-state index contributed by atoms with van der Waals surface area (Å²) in [6.07, 6.45) is 11.6. The number of carbonyl (C=O) groups excluding carboxylic acids is 1. The molecule has 0 spiro atoms. The van der Waals surface area contributed by atoms with Crippen LogP contribution in [-0.4, -0.2) is 70.3 Å². The van der Waals surface area contributed by atoms with E-state index in [-0.39, 0.29) is 23.7 Å². The Kier molecular flexibility index (Phi) is 6.63. The van der Waals surface area contributed by atoms with Gasteiger partial charge in [0.1, 0.15) is 0 Å². The molecule has 0 radical (unpaired) electrons. The molecule has 5 fully saturated rings. The SMILES string of the molecule is CCCCC(=O)N1CCN([C@H]2C[C@@]3(C)[C@@H](CC[C@@H]4[C@@H]3CC[C@]3(C)[C@@H](O)CC[C@@H]43)C[C@@H]2O)CC1. The Balaban J connectivity index is 1.27. The van der Waals surface area contributed by atoms with E-state index >= 15 is 0 Å². The van der Waals surface area contributed by atoms with Crippen LogP contribution in [0, 0.1) is 34.5 Å². The van der Waals surface area contributed by atoms with Gasteiger partial charge in [0.25, 0.3) is 0 Å². The van der Waals surface area contributed by atoms with Crippen LogP contribution in [0.4, 0.5) is 0 Å². The Labute approximate surface area is 201 Å². The third kappa shape index (κ3) is 3.98. The number of nitrogens with zero attached hydrogens (tertiary/aromatic N) is 2. The zero-order valence-corrected chi connectivity index (χ0v) is 21.3. The Morgan fingerprint density at radius 3 is 2.39 bits per heavy atom. The van der Waals surface area contributed by atoms with E-state index in [4.69, 9.17) is 0 Å². The fourth-order valence-corrected chi connectivity index (χ4v) is 9.41. The summed E-state index contributed by atoms with van der Waals surface area (Å²) < 4.78 is 0. The van der Waals surface area contributed by atoms with Gasteiger partial charge in [-0.1, -0.05) is 27.2 Å². The lowest BCUT2D eigenvalue weighted by atomic mass is 9.44. The van der Waals surface area contributed by atoms with E-state index in [0.717, 1.165) is 70.1 Å². The molecule has 1 saturated heterocycles. The van der Waals surface area contributed by atoms with E-state index in [1.54, 1.807) is 0 Å². The fraction of sp³-hybridized carbons (Fsp3) is 0.964. The van der Waals surface area contributed by atoms with Gasteiger partial charge in [-0.25, -0.2) is 0 Å². The van der Waals surface area contributed by atoms with Crippen molar-refractivity contribution in [3.05, 3.63) is 0 Å². The molecule has 188 valence electrons. The van der Waals surface area contributed by atoms with Gasteiger partial charge in [0.05, 0.1) is 12.2 Å². The number of rotatable bonds is 4. The number of fused-ring (bicyclic) bond motifs is 5. The highest BCUT2D eigenvalue weighted by molar-refractivity contribution is 5.76. The number of hydrogen-bond donors (Lipinski definition) is 2. The average molecular weight is 461 g/mol. The van der Waals surface area contributed by atoms with Crippen molar-refractivity contribution in [1.29, 1.82) is 0 Å². The van der Waals surface area contributed by atoms with Crippen molar-refractivity contribution in [2.45, 2.75) is 110 Å². The van der Waals surface area contributed by atoms with Crippen LogP contribution < -0.4 is 0 Å². The Morgan fingerprint density at radius 1 is 0.939 bits per heavy atom. The molecule has 4 aliphatic carbocycles. The summed E-state index contributed by atoms with van der Waals surface area (Å²) >= 11 is 0. The molecule has 33 heavy (non-hydrogen) atoms. The standard InChI is InChI=1S/C28H48N2O3/c1-4-5-6-26(33)30-15-13-29(14-16-30)23-18-28(3)19(17-24(23)31)7-8-20-21-9-10-25(32)27(21,2)12-11-22(20)28/h19-25,31-32H,4-18H2,1-3H3/t19-,20-,21-,22-,23-,24-,25-,27-,28-/m0/s1. The van der Waals surface area contributed by atoms with Gasteiger partial charge in [0, 0.05) is 38.6 Å². The lowest BCUT2D eigenvalue weighted by Gasteiger charge is -2.62. The molecular formula is C28H48N2O3. The van der Waals surface area contributed by atoms with E-state index in [1.165, 1.54) is 32.1 Å². The van der Waals surface area contributed by atoms with Crippen molar-refractivity contribution in [3.8, 4) is 0 Å². The van der Waals surface area contributed by atoms with Crippen molar-refractivity contribution >= 4 is 5.91 Å². The molecule has 0 aromatic heterocycles. The summed E-state index contributed by atoms with van der Waals surface area (Å²) in [5.41, 5.74) is 0.439. The summed E-state index contributed by atoms with van der Waals surface area (Å²) in [4.78, 5) is 17.1. The predicted octanol–water partition coefficient (Wildman–Crippen LogP) is 4.06. The number of aliphatic hydroxyl groups excluding tert-OH is 2. The van der Waals surface area contributed by atoms with E-state index in [9.17, 15) is 15.0 Å². The second kappa shape index (κ2) is 9.09. The first kappa shape index (κ1) is 24.1. The Morgan fingerprint density at radius 2 is 1.67 bits per heavy atom. The lowest BCUT2D eigenvalue weighted by molar-refractivity contribution is -0.156. The van der Waals surface area contributed by atoms with Crippen molar-refractivity contribution in [2.75, 3.05) is 26.2 Å². The third-order valence-electron chi connectivity index (χ3n) is 11.5. The minimum atomic E-state index is -0.232. The maximum absolute atomic E-state index is 12.5. The molecule has 2 N–H and O–H groups in total. The topological polar surface area (TPSA) is 64.0 Å². The number of unbranched alkanes of at least 4 members (excludes halogenated alkanes) is 1. The lowest BCUT2D eigenvalue weighted by Crippen LogP contribution is -2.62. The van der Waals surface area contributed by atoms with Crippen molar-refractivity contribution in [2.24, 2.45) is 34.5 Å². The van der Waals surface area contributed by atoms with Crippen LogP contribution in [0.3, 0.4) is 0 Å². The number of carbonyl (C=O) groups is 1. The zero-order chi connectivity index (χ0) is 23.4. The molecule has 1 amide bonds. The van der Waals surface area contributed by atoms with Crippen molar-refractivity contribution in [1.82, 2.24) is 9.80 Å². The summed E-state index contributed by atoms with van der Waals surface area (Å²) in [7, 11) is 0. The van der Waals surface area contributed by atoms with E-state index in [1.807, 2.05) is 0 Å². The molecule has 0 aromatic carbocycles. The summed E-state index contributed by atoms with van der Waals surface area (Å²) in [5, 5.41) is 22.0. The van der Waals surface area contributed by atoms with Crippen LogP contribution in [0.2, 0.25) is 0 Å². The van der Waals surface area contributed by atoms with Gasteiger partial charge >= 0.3 is 0 Å². The van der Waals surface area contributed by atoms with E-state index in [0.29, 0.717) is 29.6 Å². The predicted molar refractivity (Wildman–Crippen MR) is 131 cm³/mol. The van der Waals surface area contributed by atoms with Gasteiger partial charge in [-0.3, -0.25) is 9.69 Å². The number of aliphatic hydroxyl groups is 2. The molecule has 5 nitrogen and oxygen atoms in total. The first-order valence-electron chi connectivity index (χ1n) is 14.2. The highest BCUT2D eigenvalue weighted by Gasteiger charge is 2.61. The molecule has 0 unspecified atom stereocenters. The first-order valence-corrected chi connectivity index (χ1v) is 14.2. The number of amides is 1. The van der Waals surface area contributed by atoms with Crippen LogP contribution in [0.15, 0.2) is 0 Å². The fourth-order valence-electron chi connectivity index (χ4n) is 9.41. The van der Waals surface area contributed by atoms with Gasteiger partial charge < -0.3 is 15.1 Å². The molecule has 4 saturated carbocycles. The Bertz CT molecular complexity index is 722. The minimum Gasteiger partial charge on any atom is -0.393 e. The molecule has 5 heteroatoms. The maximum Gasteiger partial charge on any atom is 0.222 e. The monoisotopic (exact) mass is 460 g/mol. The van der Waals surface area contributed by atoms with Crippen molar-refractivity contribution < 1.29 is 15.0 Å². The van der Waals surface area contributed by atoms with Crippen LogP contribution in [0.5, 0.6) is 0 Å². The van der Waals surface area contributed by atoms with Crippen molar-refractivity contribution in [3.63, 3.8) is 0 Å². The maximum atomic E-state index is 12.5. The first-order chi connectivity index (χ1) is 15.8. The minimum absolute atomic E-state index is 0.105. The van der Waals surface area contributed by atoms with Crippen LogP contribution in [0.1, 0.15) is 91.4 Å². The molecular weight excluding hydrogens is 412 g/mol. The molecule has 1 heterocycles. The highest BCUT2D eigenvalue weighted by atomic mass is 16.3. The van der Waals surface area contributed by atoms with Crippen LogP contribution in [-0.2, 0) is 4.79 Å². The third-order valence-corrected chi connectivity index (χ3v) is 11.5. The quantitative estimate of drug-likeness (QED) is 0.664. The van der Waals surface area contributed by atoms with Gasteiger partial charge in [0.15, 0.2) is 0 Å². The molecule has 5 rings (SSSR count). The number of hydrogen-bond acceptors (Lipinski definition) is 4.